The summed E-state index contributed by atoms with van der Waals surface area (Å²) in [6.45, 7) is 6.18. The summed E-state index contributed by atoms with van der Waals surface area (Å²) < 4.78 is 5.30. The Balaban J connectivity index is 2.38. The number of carbonyl (C=O) groups is 1. The van der Waals surface area contributed by atoms with Crippen LogP contribution in [0.25, 0.3) is 0 Å². The normalized spacial score (nSPS) is 13.5. The topological polar surface area (TPSA) is 39.2 Å². The third kappa shape index (κ3) is 3.48. The van der Waals surface area contributed by atoms with Crippen LogP contribution in [0.2, 0.25) is 0 Å². The zero-order valence-corrected chi connectivity index (χ0v) is 12.8. The van der Waals surface area contributed by atoms with E-state index >= 15 is 0 Å². The molecular formula is C18H21NO2. The van der Waals surface area contributed by atoms with Gasteiger partial charge in [-0.2, -0.15) is 0 Å². The van der Waals surface area contributed by atoms with Gasteiger partial charge in [0, 0.05) is 12.4 Å². The van der Waals surface area contributed by atoms with Crippen molar-refractivity contribution < 1.29 is 9.53 Å². The zero-order chi connectivity index (χ0) is 15.3. The van der Waals surface area contributed by atoms with Crippen molar-refractivity contribution in [2.45, 2.75) is 32.6 Å². The van der Waals surface area contributed by atoms with Crippen molar-refractivity contribution in [2.24, 2.45) is 0 Å². The molecule has 1 unspecified atom stereocenters. The van der Waals surface area contributed by atoms with E-state index in [0.29, 0.717) is 13.0 Å². The van der Waals surface area contributed by atoms with Crippen LogP contribution in [0.5, 0.6) is 0 Å². The Kier molecular flexibility index (Phi) is 4.73. The van der Waals surface area contributed by atoms with Gasteiger partial charge in [-0.05, 0) is 44.4 Å². The van der Waals surface area contributed by atoms with Gasteiger partial charge >= 0.3 is 5.97 Å². The van der Waals surface area contributed by atoms with Crippen LogP contribution < -0.4 is 0 Å². The molecule has 0 saturated heterocycles. The third-order valence-electron chi connectivity index (χ3n) is 3.70. The number of aromatic nitrogens is 1. The predicted molar refractivity (Wildman–Crippen MR) is 83.1 cm³/mol. The minimum atomic E-state index is -0.702. The van der Waals surface area contributed by atoms with Crippen molar-refractivity contribution in [3.05, 3.63) is 65.5 Å². The largest absolute Gasteiger partial charge is 0.465 e. The fourth-order valence-electron chi connectivity index (χ4n) is 2.41. The number of pyridine rings is 1. The fraction of sp³-hybridized carbons (Fsp3) is 0.333. The first-order valence-corrected chi connectivity index (χ1v) is 7.19. The molecule has 0 bridgehead atoms. The Bertz CT molecular complexity index is 592. The molecule has 1 aromatic heterocycles. The maximum absolute atomic E-state index is 12.5. The van der Waals surface area contributed by atoms with Crippen molar-refractivity contribution in [1.82, 2.24) is 4.98 Å². The van der Waals surface area contributed by atoms with E-state index in [4.69, 9.17) is 4.74 Å². The predicted octanol–water partition coefficient (Wildman–Crippen LogP) is 3.45. The Morgan fingerprint density at radius 2 is 1.95 bits per heavy atom. The summed E-state index contributed by atoms with van der Waals surface area (Å²) in [5, 5.41) is 0. The van der Waals surface area contributed by atoms with E-state index in [-0.39, 0.29) is 5.97 Å². The maximum Gasteiger partial charge on any atom is 0.316 e. The number of aryl methyl sites for hydroxylation is 1. The van der Waals surface area contributed by atoms with Gasteiger partial charge in [-0.3, -0.25) is 9.78 Å². The van der Waals surface area contributed by atoms with Gasteiger partial charge in [0.15, 0.2) is 0 Å². The number of benzene rings is 1. The highest BCUT2D eigenvalue weighted by Crippen LogP contribution is 2.30. The molecule has 2 aromatic rings. The van der Waals surface area contributed by atoms with Gasteiger partial charge in [-0.25, -0.2) is 0 Å². The molecule has 0 aliphatic carbocycles. The number of esters is 1. The fourth-order valence-corrected chi connectivity index (χ4v) is 2.41. The third-order valence-corrected chi connectivity index (χ3v) is 3.70. The second-order valence-electron chi connectivity index (χ2n) is 5.46. The van der Waals surface area contributed by atoms with Gasteiger partial charge in [0.25, 0.3) is 0 Å². The van der Waals surface area contributed by atoms with E-state index in [1.165, 1.54) is 5.56 Å². The second kappa shape index (κ2) is 6.53. The lowest BCUT2D eigenvalue weighted by Gasteiger charge is -2.28. The van der Waals surface area contributed by atoms with Gasteiger partial charge in [0.1, 0.15) is 0 Å². The first-order valence-electron chi connectivity index (χ1n) is 7.19. The summed E-state index contributed by atoms with van der Waals surface area (Å²) in [4.78, 5) is 16.6. The Hall–Kier alpha value is -2.16. The molecular weight excluding hydrogens is 262 g/mol. The molecule has 0 N–H and O–H groups in total. The highest BCUT2D eigenvalue weighted by molar-refractivity contribution is 5.83. The van der Waals surface area contributed by atoms with E-state index in [9.17, 15) is 4.79 Å². The summed E-state index contributed by atoms with van der Waals surface area (Å²) in [6, 6.07) is 11.9. The molecule has 0 aliphatic rings. The highest BCUT2D eigenvalue weighted by atomic mass is 16.5. The molecule has 21 heavy (non-hydrogen) atoms. The minimum absolute atomic E-state index is 0.197. The Morgan fingerprint density at radius 3 is 2.52 bits per heavy atom. The number of carbonyl (C=O) groups excluding carboxylic acids is 1. The lowest BCUT2D eigenvalue weighted by atomic mass is 9.77. The molecule has 0 spiro atoms. The standard InChI is InChI=1S/C18H21NO2/c1-4-21-17(20)18(3,12-15-6-5-11-19-13-15)16-9-7-14(2)8-10-16/h5-11,13H,4,12H2,1-3H3. The SMILES string of the molecule is CCOC(=O)C(C)(Cc1cccnc1)c1ccc(C)cc1. The average molecular weight is 283 g/mol. The maximum atomic E-state index is 12.5. The van der Waals surface area contributed by atoms with Gasteiger partial charge in [0.05, 0.1) is 12.0 Å². The van der Waals surface area contributed by atoms with Crippen LogP contribution in [0.15, 0.2) is 48.8 Å². The van der Waals surface area contributed by atoms with Gasteiger partial charge in [0.2, 0.25) is 0 Å². The molecule has 0 saturated carbocycles. The summed E-state index contributed by atoms with van der Waals surface area (Å²) in [7, 11) is 0. The molecule has 3 heteroatoms. The Labute approximate surface area is 126 Å². The van der Waals surface area contributed by atoms with Crippen molar-refractivity contribution in [1.29, 1.82) is 0 Å². The molecule has 0 amide bonds. The van der Waals surface area contributed by atoms with E-state index in [1.54, 1.807) is 12.4 Å². The van der Waals surface area contributed by atoms with Crippen LogP contribution in [0, 0.1) is 6.92 Å². The summed E-state index contributed by atoms with van der Waals surface area (Å²) in [6.07, 6.45) is 4.10. The van der Waals surface area contributed by atoms with Crippen molar-refractivity contribution in [3.8, 4) is 0 Å². The molecule has 3 nitrogen and oxygen atoms in total. The lowest BCUT2D eigenvalue weighted by molar-refractivity contribution is -0.149. The molecule has 1 heterocycles. The molecule has 110 valence electrons. The molecule has 0 aliphatic heterocycles. The number of nitrogens with zero attached hydrogens (tertiary/aromatic N) is 1. The monoisotopic (exact) mass is 283 g/mol. The molecule has 1 atom stereocenters. The van der Waals surface area contributed by atoms with Gasteiger partial charge < -0.3 is 4.74 Å². The molecule has 1 aromatic carbocycles. The van der Waals surface area contributed by atoms with E-state index in [0.717, 1.165) is 11.1 Å². The van der Waals surface area contributed by atoms with E-state index in [1.807, 2.05) is 57.2 Å². The number of hydrogen-bond acceptors (Lipinski definition) is 3. The zero-order valence-electron chi connectivity index (χ0n) is 12.8. The van der Waals surface area contributed by atoms with Gasteiger partial charge in [-0.1, -0.05) is 35.9 Å². The lowest BCUT2D eigenvalue weighted by Crippen LogP contribution is -2.36. The first-order chi connectivity index (χ1) is 10.1. The quantitative estimate of drug-likeness (QED) is 0.789. The minimum Gasteiger partial charge on any atom is -0.465 e. The van der Waals surface area contributed by atoms with Gasteiger partial charge in [-0.15, -0.1) is 0 Å². The molecule has 0 radical (unpaired) electrons. The van der Waals surface area contributed by atoms with E-state index < -0.39 is 5.41 Å². The summed E-state index contributed by atoms with van der Waals surface area (Å²) in [5.41, 5.74) is 2.46. The Morgan fingerprint density at radius 1 is 1.24 bits per heavy atom. The summed E-state index contributed by atoms with van der Waals surface area (Å²) >= 11 is 0. The van der Waals surface area contributed by atoms with E-state index in [2.05, 4.69) is 4.98 Å². The van der Waals surface area contributed by atoms with Crippen LogP contribution in [-0.2, 0) is 21.4 Å². The smallest absolute Gasteiger partial charge is 0.316 e. The van der Waals surface area contributed by atoms with Crippen molar-refractivity contribution in [3.63, 3.8) is 0 Å². The van der Waals surface area contributed by atoms with Crippen LogP contribution >= 0.6 is 0 Å². The first kappa shape index (κ1) is 15.2. The van der Waals surface area contributed by atoms with Crippen LogP contribution in [0.1, 0.15) is 30.5 Å². The average Bonchev–Trinajstić information content (AvgIpc) is 2.49. The highest BCUT2D eigenvalue weighted by Gasteiger charge is 2.36. The van der Waals surface area contributed by atoms with Crippen LogP contribution in [0.3, 0.4) is 0 Å². The number of hydrogen-bond donors (Lipinski definition) is 0. The number of ether oxygens (including phenoxy) is 1. The van der Waals surface area contributed by atoms with Crippen molar-refractivity contribution >= 4 is 5.97 Å². The molecule has 2 rings (SSSR count). The van der Waals surface area contributed by atoms with Crippen molar-refractivity contribution in [2.75, 3.05) is 6.61 Å². The van der Waals surface area contributed by atoms with Crippen LogP contribution in [0.4, 0.5) is 0 Å². The summed E-state index contributed by atoms with van der Waals surface area (Å²) in [5.74, 6) is -0.197. The second-order valence-corrected chi connectivity index (χ2v) is 5.46. The number of rotatable bonds is 5. The van der Waals surface area contributed by atoms with Crippen LogP contribution in [-0.4, -0.2) is 17.6 Å². The molecule has 0 fully saturated rings.